The molecule has 3 heteroatoms. The summed E-state index contributed by atoms with van der Waals surface area (Å²) in [5.74, 6) is 0.582. The van der Waals surface area contributed by atoms with Crippen molar-refractivity contribution in [1.29, 1.82) is 0 Å². The number of anilines is 1. The van der Waals surface area contributed by atoms with E-state index in [0.29, 0.717) is 11.6 Å². The summed E-state index contributed by atoms with van der Waals surface area (Å²) in [7, 11) is 0. The van der Waals surface area contributed by atoms with Crippen molar-refractivity contribution in [1.82, 2.24) is 4.57 Å². The summed E-state index contributed by atoms with van der Waals surface area (Å²) in [6, 6.07) is 3.37. The maximum absolute atomic E-state index is 11.5. The summed E-state index contributed by atoms with van der Waals surface area (Å²) in [6.45, 7) is 6.34. The van der Waals surface area contributed by atoms with Gasteiger partial charge >= 0.3 is 0 Å². The molecule has 2 N–H and O–H groups in total. The van der Waals surface area contributed by atoms with E-state index in [0.717, 1.165) is 6.42 Å². The summed E-state index contributed by atoms with van der Waals surface area (Å²) in [5.41, 5.74) is 6.30. The second kappa shape index (κ2) is 4.31. The Morgan fingerprint density at radius 3 is 2.57 bits per heavy atom. The Labute approximate surface area is 84.6 Å². The molecule has 0 fully saturated rings. The second-order valence-corrected chi connectivity index (χ2v) is 4.19. The molecule has 1 rings (SSSR count). The van der Waals surface area contributed by atoms with Crippen molar-refractivity contribution in [3.05, 3.63) is 28.7 Å². The standard InChI is InChI=1S/C11H18N2O/c1-8(2)6-9(3)13-7-10(12)4-5-11(13)14/h4-5,7-9H,6,12H2,1-3H3. The molecule has 0 saturated heterocycles. The fraction of sp³-hybridized carbons (Fsp3) is 0.545. The van der Waals surface area contributed by atoms with Gasteiger partial charge in [0.2, 0.25) is 0 Å². The van der Waals surface area contributed by atoms with Gasteiger partial charge in [-0.05, 0) is 25.3 Å². The van der Waals surface area contributed by atoms with Crippen molar-refractivity contribution >= 4 is 5.69 Å². The Morgan fingerprint density at radius 1 is 1.36 bits per heavy atom. The predicted molar refractivity (Wildman–Crippen MR) is 59.3 cm³/mol. The van der Waals surface area contributed by atoms with Crippen molar-refractivity contribution in [2.75, 3.05) is 5.73 Å². The van der Waals surface area contributed by atoms with Crippen LogP contribution in [0.2, 0.25) is 0 Å². The fourth-order valence-electron chi connectivity index (χ4n) is 1.66. The van der Waals surface area contributed by atoms with Crippen LogP contribution < -0.4 is 11.3 Å². The maximum Gasteiger partial charge on any atom is 0.250 e. The molecule has 0 amide bonds. The Kier molecular flexibility index (Phi) is 3.33. The van der Waals surface area contributed by atoms with Crippen molar-refractivity contribution in [2.45, 2.75) is 33.2 Å². The van der Waals surface area contributed by atoms with E-state index in [1.807, 2.05) is 6.92 Å². The molecule has 0 bridgehead atoms. The first kappa shape index (κ1) is 10.8. The van der Waals surface area contributed by atoms with E-state index in [1.54, 1.807) is 16.8 Å². The molecule has 1 atom stereocenters. The molecular weight excluding hydrogens is 176 g/mol. The lowest BCUT2D eigenvalue weighted by molar-refractivity contribution is 0.419. The van der Waals surface area contributed by atoms with Gasteiger partial charge in [0, 0.05) is 24.0 Å². The maximum atomic E-state index is 11.5. The zero-order valence-corrected chi connectivity index (χ0v) is 9.03. The van der Waals surface area contributed by atoms with E-state index < -0.39 is 0 Å². The molecule has 1 aromatic rings. The van der Waals surface area contributed by atoms with Crippen LogP contribution in [0.15, 0.2) is 23.1 Å². The van der Waals surface area contributed by atoms with Crippen molar-refractivity contribution in [3.8, 4) is 0 Å². The first-order valence-corrected chi connectivity index (χ1v) is 4.98. The second-order valence-electron chi connectivity index (χ2n) is 4.19. The number of aromatic nitrogens is 1. The average Bonchev–Trinajstić information content (AvgIpc) is 2.08. The predicted octanol–water partition coefficient (Wildman–Crippen LogP) is 2.04. The Bertz CT molecular complexity index is 355. The van der Waals surface area contributed by atoms with Gasteiger partial charge in [-0.2, -0.15) is 0 Å². The number of pyridine rings is 1. The highest BCUT2D eigenvalue weighted by Gasteiger charge is 2.08. The third-order valence-corrected chi connectivity index (χ3v) is 2.25. The van der Waals surface area contributed by atoms with Gasteiger partial charge in [-0.1, -0.05) is 13.8 Å². The molecule has 1 aromatic heterocycles. The molecule has 0 saturated carbocycles. The third-order valence-electron chi connectivity index (χ3n) is 2.25. The van der Waals surface area contributed by atoms with E-state index in [2.05, 4.69) is 13.8 Å². The monoisotopic (exact) mass is 194 g/mol. The lowest BCUT2D eigenvalue weighted by atomic mass is 10.1. The highest BCUT2D eigenvalue weighted by atomic mass is 16.1. The molecule has 1 heterocycles. The number of hydrogen-bond acceptors (Lipinski definition) is 2. The smallest absolute Gasteiger partial charge is 0.250 e. The zero-order chi connectivity index (χ0) is 10.7. The van der Waals surface area contributed by atoms with Gasteiger partial charge < -0.3 is 10.3 Å². The molecule has 0 spiro atoms. The fourth-order valence-corrected chi connectivity index (χ4v) is 1.66. The van der Waals surface area contributed by atoms with Crippen LogP contribution in [0.1, 0.15) is 33.2 Å². The minimum Gasteiger partial charge on any atom is -0.398 e. The number of rotatable bonds is 3. The summed E-state index contributed by atoms with van der Waals surface area (Å²) in [6.07, 6.45) is 2.71. The molecule has 14 heavy (non-hydrogen) atoms. The van der Waals surface area contributed by atoms with Crippen LogP contribution in [0.3, 0.4) is 0 Å². The lowest BCUT2D eigenvalue weighted by Gasteiger charge is -2.17. The van der Waals surface area contributed by atoms with Crippen LogP contribution >= 0.6 is 0 Å². The van der Waals surface area contributed by atoms with E-state index in [1.165, 1.54) is 6.07 Å². The van der Waals surface area contributed by atoms with Gasteiger partial charge in [0.15, 0.2) is 0 Å². The SMILES string of the molecule is CC(C)CC(C)n1cc(N)ccc1=O. The minimum atomic E-state index is 0.0207. The van der Waals surface area contributed by atoms with E-state index >= 15 is 0 Å². The van der Waals surface area contributed by atoms with Gasteiger partial charge in [0.1, 0.15) is 0 Å². The zero-order valence-electron chi connectivity index (χ0n) is 9.03. The normalized spacial score (nSPS) is 13.1. The van der Waals surface area contributed by atoms with Gasteiger partial charge in [0.25, 0.3) is 5.56 Å². The van der Waals surface area contributed by atoms with Crippen LogP contribution in [0.5, 0.6) is 0 Å². The van der Waals surface area contributed by atoms with Crippen LogP contribution in [0.4, 0.5) is 5.69 Å². The molecule has 0 aliphatic carbocycles. The van der Waals surface area contributed by atoms with E-state index in [9.17, 15) is 4.79 Å². The van der Waals surface area contributed by atoms with E-state index in [-0.39, 0.29) is 11.6 Å². The summed E-state index contributed by atoms with van der Waals surface area (Å²) in [5, 5.41) is 0. The van der Waals surface area contributed by atoms with Crippen LogP contribution in [-0.4, -0.2) is 4.57 Å². The Morgan fingerprint density at radius 2 is 2.00 bits per heavy atom. The molecule has 1 unspecified atom stereocenters. The Hall–Kier alpha value is -1.25. The first-order valence-electron chi connectivity index (χ1n) is 4.98. The van der Waals surface area contributed by atoms with Crippen molar-refractivity contribution in [3.63, 3.8) is 0 Å². The quantitative estimate of drug-likeness (QED) is 0.800. The number of nitrogens with two attached hydrogens (primary N) is 1. The van der Waals surface area contributed by atoms with Crippen molar-refractivity contribution < 1.29 is 0 Å². The van der Waals surface area contributed by atoms with Crippen molar-refractivity contribution in [2.24, 2.45) is 5.92 Å². The van der Waals surface area contributed by atoms with Crippen LogP contribution in [0.25, 0.3) is 0 Å². The summed E-state index contributed by atoms with van der Waals surface area (Å²) >= 11 is 0. The number of nitrogen functional groups attached to an aromatic ring is 1. The molecule has 0 aliphatic rings. The van der Waals surface area contributed by atoms with Crippen LogP contribution in [0, 0.1) is 5.92 Å². The summed E-state index contributed by atoms with van der Waals surface area (Å²) < 4.78 is 1.70. The number of nitrogens with zero attached hydrogens (tertiary/aromatic N) is 1. The lowest BCUT2D eigenvalue weighted by Crippen LogP contribution is -2.23. The first-order chi connectivity index (χ1) is 6.50. The van der Waals surface area contributed by atoms with Gasteiger partial charge in [-0.25, -0.2) is 0 Å². The largest absolute Gasteiger partial charge is 0.398 e. The highest BCUT2D eigenvalue weighted by Crippen LogP contribution is 2.15. The molecule has 0 radical (unpaired) electrons. The molecular formula is C11H18N2O. The topological polar surface area (TPSA) is 48.0 Å². The number of hydrogen-bond donors (Lipinski definition) is 1. The van der Waals surface area contributed by atoms with E-state index in [4.69, 9.17) is 5.73 Å². The molecule has 3 nitrogen and oxygen atoms in total. The molecule has 0 aliphatic heterocycles. The summed E-state index contributed by atoms with van der Waals surface area (Å²) in [4.78, 5) is 11.5. The molecule has 78 valence electrons. The van der Waals surface area contributed by atoms with Gasteiger partial charge in [-0.15, -0.1) is 0 Å². The van der Waals surface area contributed by atoms with Crippen LogP contribution in [-0.2, 0) is 0 Å². The van der Waals surface area contributed by atoms with Gasteiger partial charge in [0.05, 0.1) is 0 Å². The van der Waals surface area contributed by atoms with Gasteiger partial charge in [-0.3, -0.25) is 4.79 Å². The third kappa shape index (κ3) is 2.62. The average molecular weight is 194 g/mol. The molecule has 0 aromatic carbocycles. The Balaban J connectivity index is 2.94. The minimum absolute atomic E-state index is 0.0207. The highest BCUT2D eigenvalue weighted by molar-refractivity contribution is 5.33.